The molecule has 8 heteroatoms. The number of nitrogens with zero attached hydrogens (tertiary/aromatic N) is 1. The third kappa shape index (κ3) is 9.79. The van der Waals surface area contributed by atoms with E-state index in [0.29, 0.717) is 50.0 Å². The molecule has 1 aliphatic carbocycles. The summed E-state index contributed by atoms with van der Waals surface area (Å²) in [4.78, 5) is 27.4. The Hall–Kier alpha value is -3.91. The van der Waals surface area contributed by atoms with Crippen LogP contribution >= 0.6 is 0 Å². The van der Waals surface area contributed by atoms with Crippen molar-refractivity contribution in [2.75, 3.05) is 26.4 Å². The van der Waals surface area contributed by atoms with Crippen molar-refractivity contribution in [1.82, 2.24) is 10.3 Å². The third-order valence-corrected chi connectivity index (χ3v) is 8.51. The van der Waals surface area contributed by atoms with Crippen LogP contribution in [-0.2, 0) is 30.6 Å². The Morgan fingerprint density at radius 2 is 1.47 bits per heavy atom. The molecule has 0 bridgehead atoms. The van der Waals surface area contributed by atoms with Gasteiger partial charge in [-0.1, -0.05) is 37.8 Å². The molecule has 1 N–H and O–H groups in total. The highest BCUT2D eigenvalue weighted by molar-refractivity contribution is 5.81. The van der Waals surface area contributed by atoms with Gasteiger partial charge in [-0.15, -0.1) is 0 Å². The van der Waals surface area contributed by atoms with Crippen LogP contribution in [0.5, 0.6) is 23.0 Å². The number of ether oxygens (including phenoxy) is 4. The van der Waals surface area contributed by atoms with Gasteiger partial charge in [0.2, 0.25) is 0 Å². The minimum atomic E-state index is -0.0853. The molecule has 45 heavy (non-hydrogen) atoms. The summed E-state index contributed by atoms with van der Waals surface area (Å²) in [5.41, 5.74) is 5.79. The first-order chi connectivity index (χ1) is 22.1. The van der Waals surface area contributed by atoms with E-state index in [2.05, 4.69) is 17.4 Å². The maximum Gasteiger partial charge on any atom is 0.162 e. The molecule has 0 fully saturated rings. The van der Waals surface area contributed by atoms with E-state index in [1.807, 2.05) is 18.2 Å². The first kappa shape index (κ1) is 32.5. The maximum absolute atomic E-state index is 12.1. The molecule has 0 unspecified atom stereocenters. The highest BCUT2D eigenvalue weighted by atomic mass is 16.6. The summed E-state index contributed by atoms with van der Waals surface area (Å²) in [5.74, 6) is 3.18. The molecule has 8 nitrogen and oxygen atoms in total. The van der Waals surface area contributed by atoms with Gasteiger partial charge in [0.05, 0.1) is 6.04 Å². The first-order valence-electron chi connectivity index (χ1n) is 16.5. The van der Waals surface area contributed by atoms with Crippen molar-refractivity contribution in [2.45, 2.75) is 90.1 Å². The zero-order valence-electron chi connectivity index (χ0n) is 26.5. The highest BCUT2D eigenvalue weighted by Gasteiger charge is 2.16. The van der Waals surface area contributed by atoms with Crippen molar-refractivity contribution in [2.24, 2.45) is 0 Å². The number of aryl methyl sites for hydroxylation is 3. The number of carbonyl (C=O) groups is 2. The van der Waals surface area contributed by atoms with Crippen LogP contribution in [0, 0.1) is 0 Å². The summed E-state index contributed by atoms with van der Waals surface area (Å²) in [5, 5.41) is 3.44. The monoisotopic (exact) mass is 614 g/mol. The van der Waals surface area contributed by atoms with Gasteiger partial charge in [0, 0.05) is 23.5 Å². The fraction of sp³-hybridized carbons (Fsp3) is 0.486. The van der Waals surface area contributed by atoms with E-state index in [1.165, 1.54) is 61.9 Å². The number of aromatic nitrogens is 1. The summed E-state index contributed by atoms with van der Waals surface area (Å²) in [6.45, 7) is 4.66. The molecular formula is C37H46N2O6. The maximum atomic E-state index is 12.1. The van der Waals surface area contributed by atoms with Crippen LogP contribution in [-0.4, -0.2) is 49.5 Å². The highest BCUT2D eigenvalue weighted by Crippen LogP contribution is 2.31. The van der Waals surface area contributed by atoms with E-state index in [0.717, 1.165) is 49.0 Å². The Morgan fingerprint density at radius 3 is 2.22 bits per heavy atom. The number of hydrogen-bond acceptors (Lipinski definition) is 8. The van der Waals surface area contributed by atoms with Crippen LogP contribution in [0.15, 0.2) is 48.5 Å². The number of pyridine rings is 1. The molecule has 0 radical (unpaired) electrons. The molecule has 0 amide bonds. The van der Waals surface area contributed by atoms with Crippen molar-refractivity contribution in [3.05, 3.63) is 76.6 Å². The van der Waals surface area contributed by atoms with E-state index >= 15 is 0 Å². The molecule has 0 saturated carbocycles. The summed E-state index contributed by atoms with van der Waals surface area (Å²) in [6.07, 6.45) is 13.6. The smallest absolute Gasteiger partial charge is 0.162 e. The van der Waals surface area contributed by atoms with E-state index in [9.17, 15) is 9.59 Å². The zero-order valence-corrected chi connectivity index (χ0v) is 26.5. The number of nitrogens with one attached hydrogen (secondary N) is 1. The number of benzene rings is 2. The molecule has 3 aromatic rings. The van der Waals surface area contributed by atoms with Gasteiger partial charge in [0.15, 0.2) is 23.0 Å². The lowest BCUT2D eigenvalue weighted by Gasteiger charge is -2.20. The molecule has 6 rings (SSSR count). The third-order valence-electron chi connectivity index (χ3n) is 8.51. The van der Waals surface area contributed by atoms with Crippen molar-refractivity contribution in [3.8, 4) is 23.0 Å². The zero-order chi connectivity index (χ0) is 31.3. The predicted octanol–water partition coefficient (Wildman–Crippen LogP) is 6.63. The predicted molar refractivity (Wildman–Crippen MR) is 174 cm³/mol. The van der Waals surface area contributed by atoms with E-state index < -0.39 is 0 Å². The SMILES string of the molecule is CC(=O)[C@H](CCCCCCCc1ccc2c(n1)CCCC2)NCc1ccc2c(c1)OCCO2.O=Cc1ccc2c(c1)OCCO2. The van der Waals surface area contributed by atoms with E-state index in [4.69, 9.17) is 23.9 Å². The van der Waals surface area contributed by atoms with Crippen molar-refractivity contribution in [3.63, 3.8) is 0 Å². The normalized spacial score (nSPS) is 15.2. The van der Waals surface area contributed by atoms with Crippen molar-refractivity contribution in [1.29, 1.82) is 0 Å². The van der Waals surface area contributed by atoms with Gasteiger partial charge in [-0.2, -0.15) is 0 Å². The average molecular weight is 615 g/mol. The Kier molecular flexibility index (Phi) is 12.2. The largest absolute Gasteiger partial charge is 0.486 e. The van der Waals surface area contributed by atoms with Gasteiger partial charge in [-0.3, -0.25) is 14.6 Å². The molecular weight excluding hydrogens is 568 g/mol. The van der Waals surface area contributed by atoms with Gasteiger partial charge >= 0.3 is 0 Å². The Bertz CT molecular complexity index is 1420. The number of Topliss-reactive ketones (excluding diaryl/α,β-unsaturated/α-hetero) is 1. The number of aldehydes is 1. The number of ketones is 1. The second-order valence-electron chi connectivity index (χ2n) is 12.0. The summed E-state index contributed by atoms with van der Waals surface area (Å²) < 4.78 is 21.8. The lowest BCUT2D eigenvalue weighted by Crippen LogP contribution is -2.34. The van der Waals surface area contributed by atoms with Gasteiger partial charge in [-0.25, -0.2) is 0 Å². The Morgan fingerprint density at radius 1 is 0.800 bits per heavy atom. The molecule has 2 aromatic carbocycles. The summed E-state index contributed by atoms with van der Waals surface area (Å²) in [7, 11) is 0. The van der Waals surface area contributed by atoms with Crippen LogP contribution in [0.2, 0.25) is 0 Å². The lowest BCUT2D eigenvalue weighted by molar-refractivity contribution is -0.119. The van der Waals surface area contributed by atoms with Crippen LogP contribution < -0.4 is 24.3 Å². The fourth-order valence-electron chi connectivity index (χ4n) is 5.97. The molecule has 3 heterocycles. The quantitative estimate of drug-likeness (QED) is 0.169. The molecule has 0 saturated heterocycles. The number of hydrogen-bond donors (Lipinski definition) is 1. The van der Waals surface area contributed by atoms with Gasteiger partial charge in [-0.05, 0) is 99.4 Å². The minimum absolute atomic E-state index is 0.0853. The lowest BCUT2D eigenvalue weighted by atomic mass is 9.95. The molecule has 1 aromatic heterocycles. The van der Waals surface area contributed by atoms with Gasteiger partial charge in [0.25, 0.3) is 0 Å². The fourth-order valence-corrected chi connectivity index (χ4v) is 5.97. The number of unbranched alkanes of at least 4 members (excludes halogenated alkanes) is 4. The van der Waals surface area contributed by atoms with E-state index in [-0.39, 0.29) is 11.8 Å². The van der Waals surface area contributed by atoms with E-state index in [1.54, 1.807) is 25.1 Å². The van der Waals surface area contributed by atoms with Crippen LogP contribution in [0.25, 0.3) is 0 Å². The standard InChI is InChI=1S/C28H38N2O3.C9H8O3/c1-21(31)25(29-20-22-13-16-27-28(19-22)33-18-17-32-27)11-6-4-2-3-5-10-24-15-14-23-9-7-8-12-26(23)30-24;10-6-7-1-2-8-9(5-7)12-4-3-11-8/h13-16,19,25,29H,2-12,17-18,20H2,1H3;1-2,5-6H,3-4H2/t25-;/m0./s1. The van der Waals surface area contributed by atoms with Crippen LogP contribution in [0.4, 0.5) is 0 Å². The minimum Gasteiger partial charge on any atom is -0.486 e. The number of carbonyl (C=O) groups excluding carboxylic acids is 2. The molecule has 1 atom stereocenters. The second kappa shape index (κ2) is 17.0. The Balaban J connectivity index is 0.000000277. The average Bonchev–Trinajstić information content (AvgIpc) is 3.08. The van der Waals surface area contributed by atoms with Crippen LogP contribution in [0.1, 0.15) is 91.2 Å². The van der Waals surface area contributed by atoms with Gasteiger partial charge in [0.1, 0.15) is 38.5 Å². The van der Waals surface area contributed by atoms with Crippen molar-refractivity contribution >= 4 is 12.1 Å². The van der Waals surface area contributed by atoms with Crippen LogP contribution in [0.3, 0.4) is 0 Å². The van der Waals surface area contributed by atoms with Crippen molar-refractivity contribution < 1.29 is 28.5 Å². The molecule has 2 aliphatic heterocycles. The molecule has 240 valence electrons. The number of rotatable bonds is 13. The second-order valence-corrected chi connectivity index (χ2v) is 12.0. The summed E-state index contributed by atoms with van der Waals surface area (Å²) in [6, 6.07) is 15.6. The number of fused-ring (bicyclic) bond motifs is 3. The summed E-state index contributed by atoms with van der Waals surface area (Å²) >= 11 is 0. The first-order valence-corrected chi connectivity index (χ1v) is 16.5. The topological polar surface area (TPSA) is 96.0 Å². The Labute approximate surface area is 266 Å². The molecule has 3 aliphatic rings. The molecule has 0 spiro atoms. The van der Waals surface area contributed by atoms with Gasteiger partial charge < -0.3 is 24.3 Å².